The number of hydrogen-bond acceptors (Lipinski definition) is 7. The van der Waals surface area contributed by atoms with Crippen molar-refractivity contribution in [3.05, 3.63) is 64.7 Å². The highest BCUT2D eigenvalue weighted by Crippen LogP contribution is 2.30. The van der Waals surface area contributed by atoms with Crippen LogP contribution in [-0.4, -0.2) is 48.8 Å². The zero-order chi connectivity index (χ0) is 24.7. The number of rotatable bonds is 9. The molecule has 1 aliphatic rings. The molecule has 0 radical (unpaired) electrons. The summed E-state index contributed by atoms with van der Waals surface area (Å²) in [7, 11) is 1.37. The van der Waals surface area contributed by atoms with Crippen LogP contribution in [0.15, 0.2) is 48.0 Å². The number of nitrogens with one attached hydrogen (secondary N) is 1. The van der Waals surface area contributed by atoms with Crippen molar-refractivity contribution < 1.29 is 28.7 Å². The van der Waals surface area contributed by atoms with E-state index in [0.29, 0.717) is 12.1 Å². The number of benzene rings is 2. The van der Waals surface area contributed by atoms with Crippen LogP contribution < -0.4 is 14.8 Å². The fourth-order valence-corrected chi connectivity index (χ4v) is 3.31. The van der Waals surface area contributed by atoms with Crippen molar-refractivity contribution >= 4 is 29.8 Å². The summed E-state index contributed by atoms with van der Waals surface area (Å²) >= 11 is 0. The van der Waals surface area contributed by atoms with Gasteiger partial charge >= 0.3 is 5.97 Å². The van der Waals surface area contributed by atoms with Gasteiger partial charge in [-0.25, -0.2) is 4.79 Å². The van der Waals surface area contributed by atoms with E-state index >= 15 is 0 Å². The lowest BCUT2D eigenvalue weighted by atomic mass is 10.1. The number of methoxy groups -OCH3 is 1. The van der Waals surface area contributed by atoms with Crippen molar-refractivity contribution in [3.8, 4) is 17.6 Å². The van der Waals surface area contributed by atoms with Gasteiger partial charge in [-0.2, -0.15) is 5.26 Å². The van der Waals surface area contributed by atoms with Crippen molar-refractivity contribution in [2.75, 3.05) is 20.2 Å². The van der Waals surface area contributed by atoms with Crippen molar-refractivity contribution in [2.24, 2.45) is 0 Å². The molecule has 0 aliphatic carbocycles. The van der Waals surface area contributed by atoms with Crippen LogP contribution in [-0.2, 0) is 9.59 Å². The monoisotopic (exact) mass is 461 g/mol. The molecule has 0 fully saturated rings. The molecule has 0 unspecified atom stereocenters. The van der Waals surface area contributed by atoms with Gasteiger partial charge in [0.25, 0.3) is 17.7 Å². The molecule has 34 heavy (non-hydrogen) atoms. The van der Waals surface area contributed by atoms with Gasteiger partial charge in [-0.3, -0.25) is 19.3 Å². The molecule has 0 spiro atoms. The maximum Gasteiger partial charge on any atom is 0.331 e. The van der Waals surface area contributed by atoms with E-state index in [4.69, 9.17) is 9.47 Å². The lowest BCUT2D eigenvalue weighted by Gasteiger charge is -2.14. The molecular weight excluding hydrogens is 438 g/mol. The van der Waals surface area contributed by atoms with Crippen LogP contribution >= 0.6 is 0 Å². The van der Waals surface area contributed by atoms with Gasteiger partial charge in [0.15, 0.2) is 11.5 Å². The Morgan fingerprint density at radius 3 is 2.35 bits per heavy atom. The van der Waals surface area contributed by atoms with Crippen molar-refractivity contribution in [2.45, 2.75) is 19.8 Å². The van der Waals surface area contributed by atoms with E-state index in [0.717, 1.165) is 17.7 Å². The summed E-state index contributed by atoms with van der Waals surface area (Å²) in [6.45, 7) is 1.90. The van der Waals surface area contributed by atoms with Gasteiger partial charge in [-0.1, -0.05) is 31.5 Å². The first-order chi connectivity index (χ1) is 16.4. The maximum atomic E-state index is 12.5. The number of fused-ring (bicyclic) bond motifs is 1. The number of amides is 3. The number of esters is 1. The van der Waals surface area contributed by atoms with Crippen LogP contribution in [0, 0.1) is 11.3 Å². The van der Waals surface area contributed by atoms with Gasteiger partial charge in [0, 0.05) is 6.54 Å². The first-order valence-corrected chi connectivity index (χ1v) is 10.6. The number of hydrogen-bond donors (Lipinski definition) is 1. The largest absolute Gasteiger partial charge is 0.493 e. The Bertz CT molecular complexity index is 1180. The summed E-state index contributed by atoms with van der Waals surface area (Å²) in [5.41, 5.74) is 0.884. The number of carbonyl (C=O) groups excluding carboxylic acids is 4. The molecule has 0 bridgehead atoms. The van der Waals surface area contributed by atoms with E-state index in [9.17, 15) is 24.4 Å². The molecule has 174 valence electrons. The Kier molecular flexibility index (Phi) is 7.77. The lowest BCUT2D eigenvalue weighted by Crippen LogP contribution is -2.36. The molecule has 1 N–H and O–H groups in total. The van der Waals surface area contributed by atoms with Crippen LogP contribution in [0.5, 0.6) is 11.5 Å². The Balaban J connectivity index is 1.71. The molecule has 3 amide bonds. The van der Waals surface area contributed by atoms with Crippen LogP contribution in [0.2, 0.25) is 0 Å². The topological polar surface area (TPSA) is 126 Å². The first-order valence-electron chi connectivity index (χ1n) is 10.6. The van der Waals surface area contributed by atoms with E-state index in [1.165, 1.54) is 37.5 Å². The average Bonchev–Trinajstić information content (AvgIpc) is 3.08. The zero-order valence-electron chi connectivity index (χ0n) is 18.8. The number of imide groups is 1. The molecule has 0 saturated heterocycles. The van der Waals surface area contributed by atoms with Gasteiger partial charge in [0.05, 0.1) is 18.2 Å². The van der Waals surface area contributed by atoms with Gasteiger partial charge in [-0.05, 0) is 42.3 Å². The Labute approximate surface area is 196 Å². The van der Waals surface area contributed by atoms with E-state index < -0.39 is 30.2 Å². The highest BCUT2D eigenvalue weighted by molar-refractivity contribution is 6.22. The number of nitrogens with zero attached hydrogens (tertiary/aromatic N) is 2. The summed E-state index contributed by atoms with van der Waals surface area (Å²) in [6, 6.07) is 12.7. The third-order valence-electron chi connectivity index (χ3n) is 5.07. The van der Waals surface area contributed by atoms with Crippen LogP contribution in [0.25, 0.3) is 6.08 Å². The second-order valence-electron chi connectivity index (χ2n) is 7.41. The number of nitriles is 1. The minimum Gasteiger partial charge on any atom is -0.493 e. The highest BCUT2D eigenvalue weighted by atomic mass is 16.6. The normalized spacial score (nSPS) is 12.7. The van der Waals surface area contributed by atoms with Crippen LogP contribution in [0.1, 0.15) is 46.0 Å². The van der Waals surface area contributed by atoms with Gasteiger partial charge in [0.2, 0.25) is 0 Å². The SMILES string of the molecule is CCCCNC(=O)/C(C#N)=C/c1ccc(OC(=O)CN2C(=O)c3ccccc3C2=O)c(OC)c1. The van der Waals surface area contributed by atoms with Crippen molar-refractivity contribution in [3.63, 3.8) is 0 Å². The summed E-state index contributed by atoms with van der Waals surface area (Å²) in [6.07, 6.45) is 3.11. The predicted molar refractivity (Wildman–Crippen MR) is 122 cm³/mol. The molecule has 9 nitrogen and oxygen atoms in total. The van der Waals surface area contributed by atoms with E-state index in [1.807, 2.05) is 13.0 Å². The highest BCUT2D eigenvalue weighted by Gasteiger charge is 2.36. The second kappa shape index (κ2) is 10.9. The number of ether oxygens (including phenoxy) is 2. The average molecular weight is 461 g/mol. The molecular formula is C25H23N3O6. The zero-order valence-corrected chi connectivity index (χ0v) is 18.8. The quantitative estimate of drug-likeness (QED) is 0.152. The predicted octanol–water partition coefficient (Wildman–Crippen LogP) is 2.72. The van der Waals surface area contributed by atoms with Gasteiger partial charge in [-0.15, -0.1) is 0 Å². The van der Waals surface area contributed by atoms with E-state index in [-0.39, 0.29) is 28.2 Å². The molecule has 2 aromatic carbocycles. The summed E-state index contributed by atoms with van der Waals surface area (Å²) < 4.78 is 10.6. The second-order valence-corrected chi connectivity index (χ2v) is 7.41. The van der Waals surface area contributed by atoms with Gasteiger partial charge < -0.3 is 14.8 Å². The maximum absolute atomic E-state index is 12.5. The minimum absolute atomic E-state index is 0.0622. The van der Waals surface area contributed by atoms with E-state index in [2.05, 4.69) is 5.32 Å². The molecule has 1 aliphatic heterocycles. The summed E-state index contributed by atoms with van der Waals surface area (Å²) in [5.74, 6) is -2.20. The molecule has 3 rings (SSSR count). The molecule has 1 heterocycles. The van der Waals surface area contributed by atoms with Crippen molar-refractivity contribution in [1.29, 1.82) is 5.26 Å². The Hall–Kier alpha value is -4.45. The van der Waals surface area contributed by atoms with Crippen LogP contribution in [0.3, 0.4) is 0 Å². The smallest absolute Gasteiger partial charge is 0.331 e. The van der Waals surface area contributed by atoms with Gasteiger partial charge in [0.1, 0.15) is 18.2 Å². The minimum atomic E-state index is -0.830. The number of carbonyl (C=O) groups is 4. The fraction of sp³-hybridized carbons (Fsp3) is 0.240. The molecule has 2 aromatic rings. The van der Waals surface area contributed by atoms with E-state index in [1.54, 1.807) is 18.2 Å². The Morgan fingerprint density at radius 2 is 1.76 bits per heavy atom. The summed E-state index contributed by atoms with van der Waals surface area (Å²) in [4.78, 5) is 50.3. The number of unbranched alkanes of at least 4 members (excludes halogenated alkanes) is 1. The third-order valence-corrected chi connectivity index (χ3v) is 5.07. The standard InChI is InChI=1S/C25H23N3O6/c1-3-4-11-27-23(30)17(14-26)12-16-9-10-20(21(13-16)33-2)34-22(29)15-28-24(31)18-7-5-6-8-19(18)25(28)32/h5-10,12-13H,3-4,11,15H2,1-2H3,(H,27,30)/b17-12+. The van der Waals surface area contributed by atoms with Crippen LogP contribution in [0.4, 0.5) is 0 Å². The fourth-order valence-electron chi connectivity index (χ4n) is 3.31. The molecule has 0 saturated carbocycles. The third kappa shape index (κ3) is 5.30. The molecule has 9 heteroatoms. The molecule has 0 atom stereocenters. The lowest BCUT2D eigenvalue weighted by molar-refractivity contribution is -0.134. The molecule has 0 aromatic heterocycles. The Morgan fingerprint density at radius 1 is 1.09 bits per heavy atom. The first kappa shape index (κ1) is 24.2. The van der Waals surface area contributed by atoms with Crippen molar-refractivity contribution in [1.82, 2.24) is 10.2 Å². The summed E-state index contributed by atoms with van der Waals surface area (Å²) in [5, 5.41) is 12.0.